The lowest BCUT2D eigenvalue weighted by atomic mass is 9.81. The van der Waals surface area contributed by atoms with E-state index in [9.17, 15) is 4.39 Å². The molecular weight excluding hydrogens is 732 g/mol. The molecule has 60 heavy (non-hydrogen) atoms. The highest BCUT2D eigenvalue weighted by Crippen LogP contribution is 2.55. The Labute approximate surface area is 357 Å². The first-order chi connectivity index (χ1) is 31.5. The number of nitrogens with zero attached hydrogens (tertiary/aromatic N) is 2. The number of rotatable bonds is 7. The van der Waals surface area contributed by atoms with Crippen LogP contribution >= 0.6 is 0 Å². The van der Waals surface area contributed by atoms with Crippen LogP contribution in [-0.2, 0) is 5.41 Å². The Morgan fingerprint density at radius 1 is 0.433 bits per heavy atom. The molecule has 0 atom stereocenters. The van der Waals surface area contributed by atoms with Crippen LogP contribution in [0.5, 0.6) is 0 Å². The zero-order valence-corrected chi connectivity index (χ0v) is 33.1. The summed E-state index contributed by atoms with van der Waals surface area (Å²) in [6.07, 6.45) is 0. The largest absolute Gasteiger partial charge is 0.310 e. The van der Waals surface area contributed by atoms with Gasteiger partial charge in [0, 0.05) is 39.2 Å². The van der Waals surface area contributed by atoms with E-state index in [0.717, 1.165) is 60.5 Å². The van der Waals surface area contributed by atoms with Gasteiger partial charge in [-0.15, -0.1) is 0 Å². The molecule has 286 valence electrons. The summed E-state index contributed by atoms with van der Waals surface area (Å²) in [5.41, 5.74) is 10.7. The molecule has 1 aliphatic rings. The summed E-state index contributed by atoms with van der Waals surface area (Å²) in [6.45, 7) is 4.56. The van der Waals surface area contributed by atoms with Gasteiger partial charge in [0.25, 0.3) is 0 Å². The zero-order chi connectivity index (χ0) is 44.7. The maximum atomic E-state index is 14.5. The van der Waals surface area contributed by atoms with E-state index in [0.29, 0.717) is 11.4 Å². The van der Waals surface area contributed by atoms with Crippen molar-refractivity contribution in [3.63, 3.8) is 0 Å². The monoisotopic (exact) mass is 777 g/mol. The van der Waals surface area contributed by atoms with Crippen molar-refractivity contribution in [2.75, 3.05) is 9.80 Å². The van der Waals surface area contributed by atoms with Gasteiger partial charge >= 0.3 is 0 Å². The summed E-state index contributed by atoms with van der Waals surface area (Å²) in [7, 11) is 0. The minimum atomic E-state index is -0.432. The van der Waals surface area contributed by atoms with E-state index in [4.69, 9.17) is 6.85 Å². The molecule has 0 aliphatic heterocycles. The SMILES string of the molecule is [2H]c1c([2H])c([2H])c(N(c2ccc(-c3ccc4c(c3)C(C)(C)c3cc(N(c5ccc(F)cc5)c5ccc6ccccc6c5)c5ccccc5c3-4)cc2)c2ccc3ccccc3c2)c([2H])c1[2H]. The molecule has 0 spiro atoms. The molecular formula is C57H41FN2. The van der Waals surface area contributed by atoms with Crippen LogP contribution in [0, 0.1) is 5.82 Å². The second-order valence-electron chi connectivity index (χ2n) is 16.0. The van der Waals surface area contributed by atoms with E-state index in [1.807, 2.05) is 91.0 Å². The van der Waals surface area contributed by atoms with Gasteiger partial charge in [0.05, 0.1) is 12.5 Å². The Kier molecular flexibility index (Phi) is 7.19. The molecule has 0 fully saturated rings. The van der Waals surface area contributed by atoms with Crippen molar-refractivity contribution in [3.05, 3.63) is 229 Å². The van der Waals surface area contributed by atoms with Crippen LogP contribution in [0.2, 0.25) is 0 Å². The Hall–Kier alpha value is -7.49. The van der Waals surface area contributed by atoms with Crippen molar-refractivity contribution < 1.29 is 11.2 Å². The van der Waals surface area contributed by atoms with E-state index in [1.165, 1.54) is 34.4 Å². The number of hydrogen-bond donors (Lipinski definition) is 0. The van der Waals surface area contributed by atoms with Gasteiger partial charge in [-0.1, -0.05) is 141 Å². The van der Waals surface area contributed by atoms with Crippen LogP contribution in [-0.4, -0.2) is 0 Å². The summed E-state index contributed by atoms with van der Waals surface area (Å²) in [4.78, 5) is 4.00. The highest BCUT2D eigenvalue weighted by Gasteiger charge is 2.38. The molecule has 0 heterocycles. The summed E-state index contributed by atoms with van der Waals surface area (Å²) in [6, 6.07) is 59.2. The molecule has 0 aromatic heterocycles. The van der Waals surface area contributed by atoms with Gasteiger partial charge in [0.1, 0.15) is 5.82 Å². The van der Waals surface area contributed by atoms with Crippen molar-refractivity contribution >= 4 is 66.4 Å². The lowest BCUT2D eigenvalue weighted by Crippen LogP contribution is -2.17. The minimum absolute atomic E-state index is 0.0845. The van der Waals surface area contributed by atoms with E-state index in [2.05, 4.69) is 97.6 Å². The lowest BCUT2D eigenvalue weighted by Gasteiger charge is -2.30. The maximum absolute atomic E-state index is 14.5. The van der Waals surface area contributed by atoms with E-state index < -0.39 is 11.5 Å². The van der Waals surface area contributed by atoms with E-state index in [-0.39, 0.29) is 35.7 Å². The summed E-state index contributed by atoms with van der Waals surface area (Å²) < 4.78 is 57.7. The molecule has 0 saturated carbocycles. The molecule has 11 rings (SSSR count). The van der Waals surface area contributed by atoms with Crippen LogP contribution in [0.15, 0.2) is 212 Å². The van der Waals surface area contributed by atoms with Gasteiger partial charge in [0.2, 0.25) is 0 Å². The summed E-state index contributed by atoms with van der Waals surface area (Å²) >= 11 is 0. The topological polar surface area (TPSA) is 6.48 Å². The van der Waals surface area contributed by atoms with E-state index in [1.54, 1.807) is 4.90 Å². The molecule has 0 amide bonds. The van der Waals surface area contributed by atoms with Crippen molar-refractivity contribution in [2.45, 2.75) is 19.3 Å². The fourth-order valence-corrected chi connectivity index (χ4v) is 9.14. The van der Waals surface area contributed by atoms with Crippen molar-refractivity contribution in [2.24, 2.45) is 0 Å². The highest BCUT2D eigenvalue weighted by molar-refractivity contribution is 6.10. The summed E-state index contributed by atoms with van der Waals surface area (Å²) in [5.74, 6) is -0.288. The molecule has 1 aliphatic carbocycles. The Morgan fingerprint density at radius 2 is 0.967 bits per heavy atom. The van der Waals surface area contributed by atoms with Crippen LogP contribution in [0.3, 0.4) is 0 Å². The van der Waals surface area contributed by atoms with Crippen LogP contribution in [0.1, 0.15) is 31.8 Å². The molecule has 0 saturated heterocycles. The van der Waals surface area contributed by atoms with Crippen molar-refractivity contribution in [3.8, 4) is 22.3 Å². The minimum Gasteiger partial charge on any atom is -0.310 e. The Balaban J connectivity index is 1.02. The third-order valence-electron chi connectivity index (χ3n) is 12.1. The standard InChI is InChI=1S/C57H41FN2/c1-57(2)53-36-43(40-20-27-46(28-21-40)59(45-16-4-3-5-17-45)48-29-22-38-12-6-8-14-41(38)34-48)24-33-52(53)56-51-19-11-10-18-50(51)55(37-54(56)57)60(47-31-25-44(58)26-32-47)49-30-23-39-13-7-9-15-42(39)35-49/h3-37H,1-2H3/i3D,4D,5D,16D,17D. The molecule has 0 N–H and O–H groups in total. The van der Waals surface area contributed by atoms with Crippen LogP contribution in [0.4, 0.5) is 38.5 Å². The molecule has 10 aromatic carbocycles. The maximum Gasteiger partial charge on any atom is 0.123 e. The fraction of sp³-hybridized carbons (Fsp3) is 0.0526. The van der Waals surface area contributed by atoms with Gasteiger partial charge in [-0.25, -0.2) is 4.39 Å². The first-order valence-corrected chi connectivity index (χ1v) is 20.2. The average molecular weight is 778 g/mol. The number of hydrogen-bond acceptors (Lipinski definition) is 2. The highest BCUT2D eigenvalue weighted by atomic mass is 19.1. The second kappa shape index (κ2) is 14.1. The smallest absolute Gasteiger partial charge is 0.123 e. The van der Waals surface area contributed by atoms with E-state index >= 15 is 0 Å². The number of anilines is 6. The Bertz CT molecular complexity index is 3520. The molecule has 3 heteroatoms. The molecule has 2 nitrogen and oxygen atoms in total. The summed E-state index contributed by atoms with van der Waals surface area (Å²) in [5, 5.41) is 6.49. The van der Waals surface area contributed by atoms with Crippen LogP contribution in [0.25, 0.3) is 54.6 Å². The van der Waals surface area contributed by atoms with Gasteiger partial charge < -0.3 is 9.80 Å². The van der Waals surface area contributed by atoms with Gasteiger partial charge in [-0.2, -0.15) is 0 Å². The Morgan fingerprint density at radius 3 is 1.63 bits per heavy atom. The average Bonchev–Trinajstić information content (AvgIpc) is 3.57. The third-order valence-corrected chi connectivity index (χ3v) is 12.1. The molecule has 0 radical (unpaired) electrons. The molecule has 0 bridgehead atoms. The van der Waals surface area contributed by atoms with Crippen molar-refractivity contribution in [1.82, 2.24) is 0 Å². The first-order valence-electron chi connectivity index (χ1n) is 22.7. The fourth-order valence-electron chi connectivity index (χ4n) is 9.14. The molecule has 0 unspecified atom stereocenters. The zero-order valence-electron chi connectivity index (χ0n) is 38.1. The van der Waals surface area contributed by atoms with Crippen LogP contribution < -0.4 is 9.80 Å². The van der Waals surface area contributed by atoms with Crippen molar-refractivity contribution in [1.29, 1.82) is 0 Å². The van der Waals surface area contributed by atoms with Gasteiger partial charge in [-0.05, 0) is 145 Å². The van der Waals surface area contributed by atoms with Gasteiger partial charge in [-0.3, -0.25) is 0 Å². The second-order valence-corrected chi connectivity index (χ2v) is 16.0. The predicted octanol–water partition coefficient (Wildman–Crippen LogP) is 16.2. The number of fused-ring (bicyclic) bond motifs is 7. The quantitative estimate of drug-likeness (QED) is 0.159. The van der Waals surface area contributed by atoms with Gasteiger partial charge in [0.15, 0.2) is 0 Å². The normalized spacial score (nSPS) is 13.9. The number of benzene rings is 10. The number of halogens is 1. The number of para-hydroxylation sites is 1. The third kappa shape index (κ3) is 5.93. The predicted molar refractivity (Wildman–Crippen MR) is 251 cm³/mol. The molecule has 10 aromatic rings. The first kappa shape index (κ1) is 30.6. The lowest BCUT2D eigenvalue weighted by molar-refractivity contribution is 0.628.